The number of methoxy groups -OCH3 is 2. The third kappa shape index (κ3) is 3.67. The predicted octanol–water partition coefficient (Wildman–Crippen LogP) is 0.640. The Morgan fingerprint density at radius 2 is 1.89 bits per heavy atom. The number of carbonyl (C=O) groups is 1. The van der Waals surface area contributed by atoms with E-state index < -0.39 is 0 Å². The van der Waals surface area contributed by atoms with Gasteiger partial charge in [0.1, 0.15) is 0 Å². The summed E-state index contributed by atoms with van der Waals surface area (Å²) < 4.78 is 10.2. The molecule has 106 valence electrons. The quantitative estimate of drug-likeness (QED) is 0.694. The van der Waals surface area contributed by atoms with E-state index in [2.05, 4.69) is 12.2 Å². The van der Waals surface area contributed by atoms with Crippen molar-refractivity contribution in [2.45, 2.75) is 31.7 Å². The normalized spacial score (nSPS) is 23.3. The van der Waals surface area contributed by atoms with E-state index in [1.54, 1.807) is 14.2 Å². The van der Waals surface area contributed by atoms with E-state index in [0.29, 0.717) is 26.3 Å². The highest BCUT2D eigenvalue weighted by Gasteiger charge is 2.41. The Labute approximate surface area is 110 Å². The first kappa shape index (κ1) is 15.4. The molecule has 5 nitrogen and oxygen atoms in total. The van der Waals surface area contributed by atoms with Gasteiger partial charge in [0, 0.05) is 27.3 Å². The lowest BCUT2D eigenvalue weighted by atomic mass is 9.92. The highest BCUT2D eigenvalue weighted by molar-refractivity contribution is 5.86. The second-order valence-electron chi connectivity index (χ2n) is 4.74. The molecule has 0 aromatic rings. The van der Waals surface area contributed by atoms with Crippen LogP contribution in [0.15, 0.2) is 0 Å². The maximum atomic E-state index is 12.7. The molecule has 1 aliphatic rings. The average molecular weight is 258 g/mol. The first-order valence-corrected chi connectivity index (χ1v) is 6.72. The fourth-order valence-electron chi connectivity index (χ4n) is 2.46. The number of hydrogen-bond donors (Lipinski definition) is 1. The molecule has 1 rings (SSSR count). The Morgan fingerprint density at radius 3 is 2.28 bits per heavy atom. The average Bonchev–Trinajstić information content (AvgIpc) is 2.88. The Hall–Kier alpha value is -0.650. The summed E-state index contributed by atoms with van der Waals surface area (Å²) in [5.41, 5.74) is -0.360. The molecule has 1 saturated heterocycles. The van der Waals surface area contributed by atoms with Crippen LogP contribution in [0.25, 0.3) is 0 Å². The molecule has 0 radical (unpaired) electrons. The van der Waals surface area contributed by atoms with Crippen molar-refractivity contribution in [3.05, 3.63) is 0 Å². The molecule has 1 unspecified atom stereocenters. The third-order valence-corrected chi connectivity index (χ3v) is 3.67. The van der Waals surface area contributed by atoms with Crippen LogP contribution in [-0.2, 0) is 14.3 Å². The van der Waals surface area contributed by atoms with Gasteiger partial charge in [-0.25, -0.2) is 0 Å². The van der Waals surface area contributed by atoms with Crippen molar-refractivity contribution in [2.75, 3.05) is 47.1 Å². The fraction of sp³-hybridized carbons (Fsp3) is 0.923. The van der Waals surface area contributed by atoms with Gasteiger partial charge in [-0.1, -0.05) is 6.92 Å². The van der Waals surface area contributed by atoms with Gasteiger partial charge in [-0.05, 0) is 25.8 Å². The van der Waals surface area contributed by atoms with Crippen molar-refractivity contribution in [1.82, 2.24) is 10.2 Å². The maximum Gasteiger partial charge on any atom is 0.243 e. The van der Waals surface area contributed by atoms with Crippen molar-refractivity contribution in [3.8, 4) is 0 Å². The zero-order valence-electron chi connectivity index (χ0n) is 11.8. The van der Waals surface area contributed by atoms with Crippen LogP contribution in [0.4, 0.5) is 0 Å². The maximum absolute atomic E-state index is 12.7. The fourth-order valence-corrected chi connectivity index (χ4v) is 2.46. The standard InChI is InChI=1S/C13H26N2O3/c1-4-13(6-5-7-14-13)12(16)15(8-10-17-2)9-11-18-3/h14H,4-11H2,1-3H3. The van der Waals surface area contributed by atoms with Gasteiger partial charge in [0.15, 0.2) is 0 Å². The smallest absolute Gasteiger partial charge is 0.243 e. The second-order valence-corrected chi connectivity index (χ2v) is 4.74. The van der Waals surface area contributed by atoms with Crippen LogP contribution in [0.1, 0.15) is 26.2 Å². The summed E-state index contributed by atoms with van der Waals surface area (Å²) in [5.74, 6) is 0.191. The molecule has 0 saturated carbocycles. The first-order valence-electron chi connectivity index (χ1n) is 6.72. The zero-order chi connectivity index (χ0) is 13.4. The summed E-state index contributed by atoms with van der Waals surface area (Å²) in [7, 11) is 3.31. The SMILES string of the molecule is CCC1(C(=O)N(CCOC)CCOC)CCCN1. The van der Waals surface area contributed by atoms with Crippen LogP contribution in [0.2, 0.25) is 0 Å². The van der Waals surface area contributed by atoms with Crippen LogP contribution in [0.5, 0.6) is 0 Å². The van der Waals surface area contributed by atoms with Crippen LogP contribution in [0.3, 0.4) is 0 Å². The Bertz CT molecular complexity index is 245. The minimum atomic E-state index is -0.360. The molecule has 0 aromatic carbocycles. The van der Waals surface area contributed by atoms with Crippen LogP contribution >= 0.6 is 0 Å². The zero-order valence-corrected chi connectivity index (χ0v) is 11.8. The molecule has 1 aliphatic heterocycles. The van der Waals surface area contributed by atoms with E-state index in [1.807, 2.05) is 4.90 Å². The molecule has 0 aliphatic carbocycles. The Morgan fingerprint density at radius 1 is 1.28 bits per heavy atom. The third-order valence-electron chi connectivity index (χ3n) is 3.67. The van der Waals surface area contributed by atoms with Crippen molar-refractivity contribution in [1.29, 1.82) is 0 Å². The lowest BCUT2D eigenvalue weighted by Crippen LogP contribution is -2.55. The highest BCUT2D eigenvalue weighted by atomic mass is 16.5. The van der Waals surface area contributed by atoms with Crippen LogP contribution in [0, 0.1) is 0 Å². The monoisotopic (exact) mass is 258 g/mol. The van der Waals surface area contributed by atoms with Gasteiger partial charge in [-0.15, -0.1) is 0 Å². The lowest BCUT2D eigenvalue weighted by Gasteiger charge is -2.33. The van der Waals surface area contributed by atoms with Crippen molar-refractivity contribution in [3.63, 3.8) is 0 Å². The largest absolute Gasteiger partial charge is 0.383 e. The summed E-state index contributed by atoms with van der Waals surface area (Å²) in [5, 5.41) is 3.38. The minimum Gasteiger partial charge on any atom is -0.383 e. The molecular weight excluding hydrogens is 232 g/mol. The number of hydrogen-bond acceptors (Lipinski definition) is 4. The molecule has 1 fully saturated rings. The predicted molar refractivity (Wildman–Crippen MR) is 70.6 cm³/mol. The minimum absolute atomic E-state index is 0.191. The van der Waals surface area contributed by atoms with Crippen molar-refractivity contribution >= 4 is 5.91 Å². The number of nitrogens with one attached hydrogen (secondary N) is 1. The molecule has 0 aromatic heterocycles. The Balaban J connectivity index is 2.66. The van der Waals surface area contributed by atoms with E-state index in [1.165, 1.54) is 0 Å². The van der Waals surface area contributed by atoms with Gasteiger partial charge in [-0.3, -0.25) is 4.79 Å². The van der Waals surface area contributed by atoms with Crippen molar-refractivity contribution < 1.29 is 14.3 Å². The topological polar surface area (TPSA) is 50.8 Å². The van der Waals surface area contributed by atoms with Crippen LogP contribution in [-0.4, -0.2) is 63.4 Å². The number of nitrogens with zero attached hydrogens (tertiary/aromatic N) is 1. The van der Waals surface area contributed by atoms with Crippen LogP contribution < -0.4 is 5.32 Å². The first-order chi connectivity index (χ1) is 8.70. The molecular formula is C13H26N2O3. The Kier molecular flexibility index (Phi) is 6.60. The molecule has 1 amide bonds. The molecule has 0 spiro atoms. The highest BCUT2D eigenvalue weighted by Crippen LogP contribution is 2.25. The van der Waals surface area contributed by atoms with E-state index >= 15 is 0 Å². The van der Waals surface area contributed by atoms with Crippen molar-refractivity contribution in [2.24, 2.45) is 0 Å². The van der Waals surface area contributed by atoms with E-state index in [-0.39, 0.29) is 11.4 Å². The number of ether oxygens (including phenoxy) is 2. The van der Waals surface area contributed by atoms with Gasteiger partial charge in [0.25, 0.3) is 0 Å². The summed E-state index contributed by atoms with van der Waals surface area (Å²) in [6.07, 6.45) is 2.84. The van der Waals surface area contributed by atoms with Gasteiger partial charge >= 0.3 is 0 Å². The summed E-state index contributed by atoms with van der Waals surface area (Å²) in [6.45, 7) is 5.39. The number of carbonyl (C=O) groups excluding carboxylic acids is 1. The van der Waals surface area contributed by atoms with Gasteiger partial charge < -0.3 is 19.7 Å². The summed E-state index contributed by atoms with van der Waals surface area (Å²) in [6, 6.07) is 0. The lowest BCUT2D eigenvalue weighted by molar-refractivity contribution is -0.139. The van der Waals surface area contributed by atoms with Gasteiger partial charge in [0.2, 0.25) is 5.91 Å². The molecule has 5 heteroatoms. The summed E-state index contributed by atoms with van der Waals surface area (Å²) in [4.78, 5) is 14.5. The van der Waals surface area contributed by atoms with Gasteiger partial charge in [0.05, 0.1) is 18.8 Å². The molecule has 1 heterocycles. The van der Waals surface area contributed by atoms with Gasteiger partial charge in [-0.2, -0.15) is 0 Å². The molecule has 1 atom stereocenters. The number of rotatable bonds is 8. The molecule has 1 N–H and O–H groups in total. The molecule has 0 bridgehead atoms. The van der Waals surface area contributed by atoms with E-state index in [9.17, 15) is 4.79 Å². The number of amides is 1. The molecule has 18 heavy (non-hydrogen) atoms. The van der Waals surface area contributed by atoms with E-state index in [0.717, 1.165) is 25.8 Å². The summed E-state index contributed by atoms with van der Waals surface area (Å²) >= 11 is 0. The van der Waals surface area contributed by atoms with E-state index in [4.69, 9.17) is 9.47 Å². The second kappa shape index (κ2) is 7.71.